The Labute approximate surface area is 178 Å². The van der Waals surface area contributed by atoms with Crippen molar-refractivity contribution in [1.29, 1.82) is 0 Å². The van der Waals surface area contributed by atoms with Gasteiger partial charge in [0.25, 0.3) is 0 Å². The Kier molecular flexibility index (Phi) is 9.00. The second-order valence-corrected chi connectivity index (χ2v) is 10.4. The molecule has 148 valence electrons. The second-order valence-electron chi connectivity index (χ2n) is 6.29. The third-order valence-corrected chi connectivity index (χ3v) is 9.04. The number of rotatable bonds is 9. The van der Waals surface area contributed by atoms with E-state index in [1.807, 2.05) is 43.3 Å². The van der Waals surface area contributed by atoms with Gasteiger partial charge in [-0.2, -0.15) is 0 Å². The summed E-state index contributed by atoms with van der Waals surface area (Å²) in [6.07, 6.45) is 1.37. The van der Waals surface area contributed by atoms with Gasteiger partial charge in [0.05, 0.1) is 0 Å². The number of ether oxygens (including phenoxy) is 2. The molecule has 0 unspecified atom stereocenters. The Morgan fingerprint density at radius 2 is 1.74 bits per heavy atom. The van der Waals surface area contributed by atoms with Gasteiger partial charge in [-0.15, -0.1) is 0 Å². The molecule has 0 aliphatic heterocycles. The van der Waals surface area contributed by atoms with E-state index >= 15 is 0 Å². The number of benzene rings is 2. The quantitative estimate of drug-likeness (QED) is 0.538. The first-order valence-corrected chi connectivity index (χ1v) is 12.3. The molecule has 2 aromatic carbocycles. The Bertz CT molecular complexity index is 724. The van der Waals surface area contributed by atoms with Crippen molar-refractivity contribution in [2.24, 2.45) is 0 Å². The first-order chi connectivity index (χ1) is 12.9. The standard InChI is InChI=1S/C21H27ClO3SSe/c1-13(23)20(19(25-4)15-9-11-16(22)12-10-15)27-21-17(14(2)26-5)7-6-8-18(21)24-3/h6-14,19-20,23H,1-5H3/t13-,14+,19-,20+/m1/s1. The SMILES string of the molecule is COc1cccc([C@H](C)SC)c1[Se][C@H]([C@H](OC)c1ccc(Cl)cc1)[C@@H](C)O. The van der Waals surface area contributed by atoms with Crippen LogP contribution in [0.15, 0.2) is 42.5 Å². The molecule has 0 saturated carbocycles. The molecule has 0 fully saturated rings. The summed E-state index contributed by atoms with van der Waals surface area (Å²) in [7, 11) is 3.39. The van der Waals surface area contributed by atoms with Crippen molar-refractivity contribution in [2.75, 3.05) is 20.5 Å². The van der Waals surface area contributed by atoms with Gasteiger partial charge in [0.2, 0.25) is 0 Å². The number of hydrogen-bond donors (Lipinski definition) is 1. The van der Waals surface area contributed by atoms with Gasteiger partial charge in [-0.3, -0.25) is 0 Å². The number of aliphatic hydroxyl groups excluding tert-OH is 1. The zero-order valence-corrected chi connectivity index (χ0v) is 19.6. The Hall–Kier alpha value is -0.681. The summed E-state index contributed by atoms with van der Waals surface area (Å²) in [5.41, 5.74) is 2.28. The summed E-state index contributed by atoms with van der Waals surface area (Å²) in [4.78, 5) is -0.0622. The van der Waals surface area contributed by atoms with Crippen LogP contribution in [0.1, 0.15) is 36.3 Å². The summed E-state index contributed by atoms with van der Waals surface area (Å²) >= 11 is 7.79. The van der Waals surface area contributed by atoms with Crippen molar-refractivity contribution in [3.05, 3.63) is 58.6 Å². The normalized spacial score (nSPS) is 15.8. The average Bonchev–Trinajstić information content (AvgIpc) is 2.68. The predicted octanol–water partition coefficient (Wildman–Crippen LogP) is 4.66. The molecule has 3 nitrogen and oxygen atoms in total. The third kappa shape index (κ3) is 5.66. The Balaban J connectivity index is 2.45. The van der Waals surface area contributed by atoms with Crippen molar-refractivity contribution in [2.45, 2.75) is 36.1 Å². The van der Waals surface area contributed by atoms with Crippen LogP contribution in [0.5, 0.6) is 5.75 Å². The first-order valence-electron chi connectivity index (χ1n) is 8.75. The van der Waals surface area contributed by atoms with Crippen LogP contribution >= 0.6 is 23.4 Å². The van der Waals surface area contributed by atoms with Crippen molar-refractivity contribution in [1.82, 2.24) is 0 Å². The molecule has 0 saturated heterocycles. The summed E-state index contributed by atoms with van der Waals surface area (Å²) < 4.78 is 12.7. The van der Waals surface area contributed by atoms with E-state index in [9.17, 15) is 5.11 Å². The van der Waals surface area contributed by atoms with Crippen molar-refractivity contribution >= 4 is 42.8 Å². The topological polar surface area (TPSA) is 38.7 Å². The van der Waals surface area contributed by atoms with Crippen LogP contribution in [0.2, 0.25) is 9.84 Å². The minimum atomic E-state index is -0.520. The second kappa shape index (κ2) is 10.8. The molecule has 0 aliphatic carbocycles. The van der Waals surface area contributed by atoms with E-state index in [0.29, 0.717) is 10.3 Å². The van der Waals surface area contributed by atoms with Crippen molar-refractivity contribution in [3.63, 3.8) is 0 Å². The van der Waals surface area contributed by atoms with Gasteiger partial charge in [0.15, 0.2) is 0 Å². The fourth-order valence-electron chi connectivity index (χ4n) is 2.93. The van der Waals surface area contributed by atoms with Crippen LogP contribution in [0, 0.1) is 0 Å². The molecule has 4 atom stereocenters. The number of thioether (sulfide) groups is 1. The maximum atomic E-state index is 10.6. The number of hydrogen-bond acceptors (Lipinski definition) is 4. The molecule has 0 amide bonds. The summed E-state index contributed by atoms with van der Waals surface area (Å²) in [6.45, 7) is 4.03. The molecule has 2 rings (SSSR count). The number of methoxy groups -OCH3 is 2. The third-order valence-electron chi connectivity index (χ3n) is 4.50. The van der Waals surface area contributed by atoms with E-state index in [0.717, 1.165) is 11.3 Å². The summed E-state index contributed by atoms with van der Waals surface area (Å²) in [5.74, 6) is 0.880. The Morgan fingerprint density at radius 1 is 1.07 bits per heavy atom. The zero-order valence-electron chi connectivity index (χ0n) is 16.3. The number of aliphatic hydroxyl groups is 1. The van der Waals surface area contributed by atoms with Gasteiger partial charge in [0.1, 0.15) is 0 Å². The number of halogens is 1. The molecule has 0 aromatic heterocycles. The van der Waals surface area contributed by atoms with Gasteiger partial charge in [0, 0.05) is 0 Å². The van der Waals surface area contributed by atoms with Gasteiger partial charge in [-0.1, -0.05) is 0 Å². The van der Waals surface area contributed by atoms with Crippen molar-refractivity contribution < 1.29 is 14.6 Å². The van der Waals surface area contributed by atoms with Crippen molar-refractivity contribution in [3.8, 4) is 5.75 Å². The predicted molar refractivity (Wildman–Crippen MR) is 117 cm³/mol. The van der Waals surface area contributed by atoms with Crippen LogP contribution in [-0.2, 0) is 4.74 Å². The zero-order chi connectivity index (χ0) is 20.0. The van der Waals surface area contributed by atoms with Gasteiger partial charge >= 0.3 is 178 Å². The monoisotopic (exact) mass is 474 g/mol. The van der Waals surface area contributed by atoms with E-state index in [1.54, 1.807) is 26.0 Å². The van der Waals surface area contributed by atoms with E-state index in [2.05, 4.69) is 19.2 Å². The molecular weight excluding hydrogens is 447 g/mol. The molecule has 0 radical (unpaired) electrons. The first kappa shape index (κ1) is 22.6. The maximum absolute atomic E-state index is 10.6. The van der Waals surface area contributed by atoms with Crippen LogP contribution < -0.4 is 9.20 Å². The fourth-order valence-corrected chi connectivity index (χ4v) is 6.84. The van der Waals surface area contributed by atoms with Crippen LogP contribution in [0.3, 0.4) is 0 Å². The van der Waals surface area contributed by atoms with Crippen LogP contribution in [0.4, 0.5) is 0 Å². The fraction of sp³-hybridized carbons (Fsp3) is 0.429. The molecule has 27 heavy (non-hydrogen) atoms. The van der Waals surface area contributed by atoms with Gasteiger partial charge < -0.3 is 0 Å². The summed E-state index contributed by atoms with van der Waals surface area (Å²) in [5, 5.41) is 11.6. The molecule has 1 N–H and O–H groups in total. The molecule has 0 aliphatic rings. The van der Waals surface area contributed by atoms with E-state index in [1.165, 1.54) is 10.0 Å². The molecule has 6 heteroatoms. The average molecular weight is 474 g/mol. The molecular formula is C21H27ClO3SSe. The molecule has 2 aromatic rings. The molecule has 0 spiro atoms. The van der Waals surface area contributed by atoms with Crippen LogP contribution in [-0.4, -0.2) is 46.6 Å². The molecule has 0 heterocycles. The molecule has 0 bridgehead atoms. The van der Waals surface area contributed by atoms with Crippen LogP contribution in [0.25, 0.3) is 0 Å². The van der Waals surface area contributed by atoms with Gasteiger partial charge in [-0.25, -0.2) is 0 Å². The van der Waals surface area contributed by atoms with Gasteiger partial charge in [-0.05, 0) is 0 Å². The van der Waals surface area contributed by atoms with E-state index < -0.39 is 6.10 Å². The minimum absolute atomic E-state index is 0.0552. The van der Waals surface area contributed by atoms with E-state index in [4.69, 9.17) is 21.1 Å². The van der Waals surface area contributed by atoms with E-state index in [-0.39, 0.29) is 25.9 Å². The summed E-state index contributed by atoms with van der Waals surface area (Å²) in [6, 6.07) is 13.8. The Morgan fingerprint density at radius 3 is 2.26 bits per heavy atom.